The molecule has 9 heteroatoms. The van der Waals surface area contributed by atoms with E-state index in [4.69, 9.17) is 0 Å². The normalized spacial score (nSPS) is 17.6. The van der Waals surface area contributed by atoms with Crippen LogP contribution in [0.15, 0.2) is 69.6 Å². The molecule has 1 unspecified atom stereocenters. The van der Waals surface area contributed by atoms with Crippen molar-refractivity contribution in [2.75, 3.05) is 4.90 Å². The highest BCUT2D eigenvalue weighted by Crippen LogP contribution is 2.32. The van der Waals surface area contributed by atoms with Crippen molar-refractivity contribution in [2.24, 2.45) is 0 Å². The molecule has 4 rings (SSSR count). The van der Waals surface area contributed by atoms with E-state index in [1.165, 1.54) is 17.4 Å². The number of imide groups is 1. The molecule has 1 fully saturated rings. The fraction of sp³-hybridized carbons (Fsp3) is 0.158. The van der Waals surface area contributed by atoms with Crippen LogP contribution in [0, 0.1) is 0 Å². The molecule has 0 N–H and O–H groups in total. The van der Waals surface area contributed by atoms with Gasteiger partial charge in [-0.1, -0.05) is 30.3 Å². The molecule has 0 aliphatic carbocycles. The number of hydrogen-bond acceptors (Lipinski definition) is 6. The molecule has 28 heavy (non-hydrogen) atoms. The molecule has 1 saturated heterocycles. The molecule has 0 radical (unpaired) electrons. The minimum Gasteiger partial charge on any atom is -0.274 e. The third kappa shape index (κ3) is 3.42. The summed E-state index contributed by atoms with van der Waals surface area (Å²) < 4.78 is 27.8. The lowest BCUT2D eigenvalue weighted by molar-refractivity contribution is -0.122. The molecule has 1 aromatic carbocycles. The highest BCUT2D eigenvalue weighted by molar-refractivity contribution is 7.91. The third-order valence-corrected chi connectivity index (χ3v) is 8.52. The van der Waals surface area contributed by atoms with Crippen molar-refractivity contribution in [3.05, 3.63) is 70.2 Å². The van der Waals surface area contributed by atoms with Gasteiger partial charge >= 0.3 is 0 Å². The van der Waals surface area contributed by atoms with Crippen LogP contribution in [0.25, 0.3) is 0 Å². The summed E-state index contributed by atoms with van der Waals surface area (Å²) in [4.78, 5) is 27.6. The van der Waals surface area contributed by atoms with Crippen LogP contribution in [0.3, 0.4) is 0 Å². The second-order valence-corrected chi connectivity index (χ2v) is 10.3. The maximum atomic E-state index is 13.3. The molecule has 3 aromatic rings. The van der Waals surface area contributed by atoms with E-state index in [-0.39, 0.29) is 17.2 Å². The maximum absolute atomic E-state index is 13.3. The lowest BCUT2D eigenvalue weighted by Crippen LogP contribution is -2.44. The predicted molar refractivity (Wildman–Crippen MR) is 109 cm³/mol. The summed E-state index contributed by atoms with van der Waals surface area (Å²) in [5.41, 5.74) is 0.449. The van der Waals surface area contributed by atoms with Crippen LogP contribution in [-0.2, 0) is 26.2 Å². The van der Waals surface area contributed by atoms with Crippen LogP contribution in [-0.4, -0.2) is 30.6 Å². The average molecular weight is 433 g/mol. The summed E-state index contributed by atoms with van der Waals surface area (Å²) in [5, 5.41) is 3.53. The number of nitrogens with zero attached hydrogens (tertiary/aromatic N) is 2. The Kier molecular flexibility index (Phi) is 5.15. The monoisotopic (exact) mass is 432 g/mol. The van der Waals surface area contributed by atoms with E-state index in [9.17, 15) is 18.0 Å². The van der Waals surface area contributed by atoms with Gasteiger partial charge in [0.15, 0.2) is 0 Å². The first-order valence-corrected chi connectivity index (χ1v) is 11.7. The van der Waals surface area contributed by atoms with Gasteiger partial charge in [0.2, 0.25) is 5.91 Å². The first-order chi connectivity index (χ1) is 13.5. The summed E-state index contributed by atoms with van der Waals surface area (Å²) in [6.45, 7) is 0.0458. The van der Waals surface area contributed by atoms with Crippen LogP contribution in [0.1, 0.15) is 11.3 Å². The number of thiophene rings is 2. The molecular formula is C19H16N2O4S3. The second-order valence-electron chi connectivity index (χ2n) is 6.18. The van der Waals surface area contributed by atoms with Gasteiger partial charge in [-0.05, 0) is 35.0 Å². The number of amides is 2. The minimum absolute atomic E-state index is 0.0458. The molecular weight excluding hydrogens is 416 g/mol. The largest absolute Gasteiger partial charge is 0.274 e. The van der Waals surface area contributed by atoms with Crippen molar-refractivity contribution in [3.8, 4) is 0 Å². The SMILES string of the molecule is O=C1CC(N(Cc2cccs2)S(=O)(=O)c2cccs2)C(=O)N1c1ccccc1. The maximum Gasteiger partial charge on any atom is 0.253 e. The van der Waals surface area contributed by atoms with E-state index in [2.05, 4.69) is 0 Å². The molecule has 0 spiro atoms. The van der Waals surface area contributed by atoms with Crippen LogP contribution in [0.5, 0.6) is 0 Å². The van der Waals surface area contributed by atoms with Crippen molar-refractivity contribution >= 4 is 50.2 Å². The number of para-hydroxylation sites is 1. The average Bonchev–Trinajstić information content (AvgIpc) is 3.43. The summed E-state index contributed by atoms with van der Waals surface area (Å²) in [7, 11) is -3.92. The lowest BCUT2D eigenvalue weighted by Gasteiger charge is -2.25. The topological polar surface area (TPSA) is 74.8 Å². The summed E-state index contributed by atoms with van der Waals surface area (Å²) in [6, 6.07) is 14.3. The number of carbonyl (C=O) groups is 2. The Morgan fingerprint density at radius 1 is 0.964 bits per heavy atom. The Morgan fingerprint density at radius 2 is 1.68 bits per heavy atom. The van der Waals surface area contributed by atoms with Gasteiger partial charge in [0.05, 0.1) is 12.1 Å². The molecule has 2 aromatic heterocycles. The number of benzene rings is 1. The standard InChI is InChI=1S/C19H16N2O4S3/c22-17-12-16(19(23)21(17)14-6-2-1-3-7-14)20(13-15-8-4-10-26-15)28(24,25)18-9-5-11-27-18/h1-11,16H,12-13H2. The fourth-order valence-electron chi connectivity index (χ4n) is 3.13. The number of anilines is 1. The zero-order chi connectivity index (χ0) is 19.7. The van der Waals surface area contributed by atoms with E-state index < -0.39 is 27.9 Å². The quantitative estimate of drug-likeness (QED) is 0.560. The zero-order valence-corrected chi connectivity index (χ0v) is 17.0. The molecule has 1 aliphatic rings. The lowest BCUT2D eigenvalue weighted by atomic mass is 10.2. The van der Waals surface area contributed by atoms with Crippen LogP contribution >= 0.6 is 22.7 Å². The molecule has 6 nitrogen and oxygen atoms in total. The van der Waals surface area contributed by atoms with Gasteiger partial charge in [0.25, 0.3) is 15.9 Å². The second kappa shape index (κ2) is 7.59. The zero-order valence-electron chi connectivity index (χ0n) is 14.6. The minimum atomic E-state index is -3.92. The Balaban J connectivity index is 1.73. The van der Waals surface area contributed by atoms with Gasteiger partial charge in [-0.25, -0.2) is 13.3 Å². The van der Waals surface area contributed by atoms with Gasteiger partial charge in [0, 0.05) is 11.4 Å². The van der Waals surface area contributed by atoms with E-state index in [0.29, 0.717) is 5.69 Å². The molecule has 0 bridgehead atoms. The van der Waals surface area contributed by atoms with Crippen molar-refractivity contribution in [1.82, 2.24) is 4.31 Å². The summed E-state index contributed by atoms with van der Waals surface area (Å²) in [5.74, 6) is -0.924. The number of hydrogen-bond donors (Lipinski definition) is 0. The molecule has 2 amide bonds. The number of sulfonamides is 1. The van der Waals surface area contributed by atoms with Crippen LogP contribution in [0.2, 0.25) is 0 Å². The highest BCUT2D eigenvalue weighted by Gasteiger charge is 2.47. The number of carbonyl (C=O) groups excluding carboxylic acids is 2. The van der Waals surface area contributed by atoms with Crippen molar-refractivity contribution in [2.45, 2.75) is 23.2 Å². The Bertz CT molecular complexity index is 1080. The van der Waals surface area contributed by atoms with Gasteiger partial charge in [-0.2, -0.15) is 4.31 Å². The molecule has 144 valence electrons. The Morgan fingerprint density at radius 3 is 2.32 bits per heavy atom. The summed E-state index contributed by atoms with van der Waals surface area (Å²) in [6.07, 6.45) is -0.177. The summed E-state index contributed by atoms with van der Waals surface area (Å²) >= 11 is 2.50. The van der Waals surface area contributed by atoms with Crippen molar-refractivity contribution in [1.29, 1.82) is 0 Å². The molecule has 1 atom stereocenters. The Hall–Kier alpha value is -2.33. The van der Waals surface area contributed by atoms with E-state index in [1.807, 2.05) is 17.5 Å². The first kappa shape index (κ1) is 19.0. The first-order valence-electron chi connectivity index (χ1n) is 8.48. The van der Waals surface area contributed by atoms with Gasteiger partial charge < -0.3 is 0 Å². The molecule has 3 heterocycles. The van der Waals surface area contributed by atoms with Crippen molar-refractivity contribution < 1.29 is 18.0 Å². The third-order valence-electron chi connectivity index (χ3n) is 4.43. The van der Waals surface area contributed by atoms with Gasteiger partial charge in [-0.15, -0.1) is 22.7 Å². The van der Waals surface area contributed by atoms with Crippen molar-refractivity contribution in [3.63, 3.8) is 0 Å². The number of rotatable bonds is 6. The predicted octanol–water partition coefficient (Wildman–Crippen LogP) is 3.33. The highest BCUT2D eigenvalue weighted by atomic mass is 32.2. The van der Waals surface area contributed by atoms with Crippen LogP contribution < -0.4 is 4.90 Å². The van der Waals surface area contributed by atoms with E-state index >= 15 is 0 Å². The van der Waals surface area contributed by atoms with Gasteiger partial charge in [-0.3, -0.25) is 9.59 Å². The smallest absolute Gasteiger partial charge is 0.253 e. The molecule has 1 aliphatic heterocycles. The molecule has 0 saturated carbocycles. The Labute approximate surface area is 170 Å². The van der Waals surface area contributed by atoms with E-state index in [1.54, 1.807) is 41.8 Å². The van der Waals surface area contributed by atoms with Crippen LogP contribution in [0.4, 0.5) is 5.69 Å². The fourth-order valence-corrected chi connectivity index (χ4v) is 6.60. The van der Waals surface area contributed by atoms with E-state index in [0.717, 1.165) is 25.4 Å². The van der Waals surface area contributed by atoms with Gasteiger partial charge in [0.1, 0.15) is 10.3 Å².